The topological polar surface area (TPSA) is 66.8 Å². The molecule has 0 aromatic rings. The van der Waals surface area contributed by atoms with Crippen LogP contribution < -0.4 is 0 Å². The zero-order valence-electron chi connectivity index (χ0n) is 14.1. The number of nitrogens with zero attached hydrogens (tertiary/aromatic N) is 1. The molecule has 2 saturated heterocycles. The van der Waals surface area contributed by atoms with Crippen LogP contribution in [0.1, 0.15) is 26.7 Å². The van der Waals surface area contributed by atoms with Crippen LogP contribution in [0.25, 0.3) is 0 Å². The Bertz CT molecular complexity index is 708. The number of likely N-dealkylation sites (tertiary alicyclic amines) is 1. The summed E-state index contributed by atoms with van der Waals surface area (Å²) in [5, 5.41) is 9.53. The first-order valence-electron chi connectivity index (χ1n) is 8.91. The zero-order chi connectivity index (χ0) is 16.9. The SMILES string of the molecule is CC1(C)[C@H]2CC=C(CN3C[C@@]45C=C[C@@H](O4)[C@@H](C(=O)O)[C@@H]5C3=O)[C@@H]1C2. The second-order valence-electron chi connectivity index (χ2n) is 8.75. The number of allylic oxidation sites excluding steroid dienone is 1. The average molecular weight is 329 g/mol. The molecule has 1 N–H and O–H groups in total. The third-order valence-electron chi connectivity index (χ3n) is 7.42. The first kappa shape index (κ1) is 14.7. The van der Waals surface area contributed by atoms with Gasteiger partial charge in [-0.2, -0.15) is 0 Å². The molecule has 6 aliphatic rings. The number of carbonyl (C=O) groups is 2. The van der Waals surface area contributed by atoms with Crippen LogP contribution in [0.15, 0.2) is 23.8 Å². The molecule has 0 aromatic heterocycles. The normalized spacial score (nSPS) is 46.8. The molecule has 6 rings (SSSR count). The number of amides is 1. The fourth-order valence-corrected chi connectivity index (χ4v) is 5.87. The van der Waals surface area contributed by atoms with Gasteiger partial charge in [-0.05, 0) is 30.1 Å². The van der Waals surface area contributed by atoms with Crippen molar-refractivity contribution in [1.29, 1.82) is 0 Å². The van der Waals surface area contributed by atoms with Crippen molar-refractivity contribution in [2.75, 3.05) is 13.1 Å². The lowest BCUT2D eigenvalue weighted by molar-refractivity contribution is -0.148. The largest absolute Gasteiger partial charge is 0.481 e. The Morgan fingerprint density at radius 2 is 2.25 bits per heavy atom. The molecule has 24 heavy (non-hydrogen) atoms. The van der Waals surface area contributed by atoms with E-state index in [1.807, 2.05) is 17.1 Å². The number of ether oxygens (including phenoxy) is 1. The van der Waals surface area contributed by atoms with Gasteiger partial charge in [-0.25, -0.2) is 0 Å². The minimum Gasteiger partial charge on any atom is -0.481 e. The van der Waals surface area contributed by atoms with Crippen molar-refractivity contribution in [2.45, 2.75) is 38.4 Å². The standard InChI is InChI=1S/C19H23NO4/c1-18(2)11-4-3-10(12(18)7-11)8-20-9-19-6-5-13(24-19)14(17(22)23)15(19)16(20)21/h3,5-6,11-15H,4,7-9H2,1-2H3,(H,22,23)/t11-,12-,13+,14+,15+,19+/m0/s1. The third kappa shape index (κ3) is 1.59. The number of carboxylic acid groups (broad SMARTS) is 1. The number of rotatable bonds is 3. The molecule has 4 bridgehead atoms. The molecule has 0 aromatic carbocycles. The van der Waals surface area contributed by atoms with Crippen LogP contribution in [0, 0.1) is 29.1 Å². The summed E-state index contributed by atoms with van der Waals surface area (Å²) < 4.78 is 5.95. The number of carboxylic acids is 1. The Labute approximate surface area is 141 Å². The molecule has 6 atom stereocenters. The van der Waals surface area contributed by atoms with Gasteiger partial charge in [0.05, 0.1) is 18.6 Å². The van der Waals surface area contributed by atoms with Gasteiger partial charge in [0.25, 0.3) is 0 Å². The molecule has 0 unspecified atom stereocenters. The van der Waals surface area contributed by atoms with Crippen molar-refractivity contribution in [3.8, 4) is 0 Å². The lowest BCUT2D eigenvalue weighted by Crippen LogP contribution is -2.50. The van der Waals surface area contributed by atoms with Gasteiger partial charge in [-0.15, -0.1) is 0 Å². The maximum absolute atomic E-state index is 13.0. The van der Waals surface area contributed by atoms with E-state index in [1.54, 1.807) is 0 Å². The van der Waals surface area contributed by atoms with Gasteiger partial charge < -0.3 is 14.7 Å². The van der Waals surface area contributed by atoms with E-state index in [-0.39, 0.29) is 5.91 Å². The Hall–Kier alpha value is -1.62. The maximum atomic E-state index is 13.0. The smallest absolute Gasteiger partial charge is 0.310 e. The van der Waals surface area contributed by atoms with E-state index in [9.17, 15) is 14.7 Å². The second kappa shape index (κ2) is 4.31. The number of fused-ring (bicyclic) bond motifs is 2. The molecule has 1 spiro atoms. The van der Waals surface area contributed by atoms with E-state index in [2.05, 4.69) is 19.9 Å². The molecule has 3 aliphatic carbocycles. The summed E-state index contributed by atoms with van der Waals surface area (Å²) in [4.78, 5) is 26.4. The van der Waals surface area contributed by atoms with Gasteiger partial charge in [0.1, 0.15) is 11.5 Å². The molecular weight excluding hydrogens is 306 g/mol. The van der Waals surface area contributed by atoms with Crippen LogP contribution in [-0.2, 0) is 14.3 Å². The zero-order valence-corrected chi connectivity index (χ0v) is 14.1. The lowest BCUT2D eigenvalue weighted by atomic mass is 9.49. The Morgan fingerprint density at radius 1 is 1.46 bits per heavy atom. The van der Waals surface area contributed by atoms with E-state index in [1.165, 1.54) is 12.0 Å². The average Bonchev–Trinajstić information content (AvgIpc) is 3.16. The summed E-state index contributed by atoms with van der Waals surface area (Å²) in [7, 11) is 0. The quantitative estimate of drug-likeness (QED) is 0.803. The number of carbonyl (C=O) groups excluding carboxylic acids is 1. The van der Waals surface area contributed by atoms with E-state index < -0.39 is 29.5 Å². The number of hydrogen-bond acceptors (Lipinski definition) is 3. The van der Waals surface area contributed by atoms with Gasteiger partial charge in [0, 0.05) is 6.54 Å². The lowest BCUT2D eigenvalue weighted by Gasteiger charge is -2.56. The Balaban J connectivity index is 1.40. The monoisotopic (exact) mass is 329 g/mol. The molecule has 1 saturated carbocycles. The third-order valence-corrected chi connectivity index (χ3v) is 7.42. The van der Waals surface area contributed by atoms with E-state index in [0.29, 0.717) is 24.4 Å². The van der Waals surface area contributed by atoms with Gasteiger partial charge in [0.15, 0.2) is 0 Å². The molecule has 3 aliphatic heterocycles. The fraction of sp³-hybridized carbons (Fsp3) is 0.684. The highest BCUT2D eigenvalue weighted by Gasteiger charge is 2.67. The highest BCUT2D eigenvalue weighted by atomic mass is 16.5. The van der Waals surface area contributed by atoms with E-state index in [4.69, 9.17) is 4.74 Å². The summed E-state index contributed by atoms with van der Waals surface area (Å²) in [6.07, 6.45) is 7.95. The fourth-order valence-electron chi connectivity index (χ4n) is 5.87. The molecular formula is C19H23NO4. The molecule has 5 nitrogen and oxygen atoms in total. The first-order chi connectivity index (χ1) is 11.3. The van der Waals surface area contributed by atoms with Gasteiger partial charge >= 0.3 is 5.97 Å². The van der Waals surface area contributed by atoms with Crippen molar-refractivity contribution >= 4 is 11.9 Å². The first-order valence-corrected chi connectivity index (χ1v) is 8.91. The molecule has 5 heteroatoms. The van der Waals surface area contributed by atoms with Crippen LogP contribution in [-0.4, -0.2) is 46.7 Å². The summed E-state index contributed by atoms with van der Waals surface area (Å²) in [5.41, 5.74) is 0.981. The van der Waals surface area contributed by atoms with Crippen molar-refractivity contribution in [2.24, 2.45) is 29.1 Å². The van der Waals surface area contributed by atoms with Crippen molar-refractivity contribution in [3.05, 3.63) is 23.8 Å². The minimum absolute atomic E-state index is 0.0468. The Kier molecular flexibility index (Phi) is 2.64. The highest BCUT2D eigenvalue weighted by Crippen LogP contribution is 2.60. The van der Waals surface area contributed by atoms with Crippen LogP contribution in [0.4, 0.5) is 0 Å². The number of hydrogen-bond donors (Lipinski definition) is 1. The number of aliphatic carboxylic acids is 1. The van der Waals surface area contributed by atoms with Crippen LogP contribution in [0.2, 0.25) is 0 Å². The molecule has 3 heterocycles. The van der Waals surface area contributed by atoms with Crippen LogP contribution in [0.3, 0.4) is 0 Å². The Morgan fingerprint density at radius 3 is 2.92 bits per heavy atom. The molecule has 3 fully saturated rings. The van der Waals surface area contributed by atoms with Gasteiger partial charge in [0.2, 0.25) is 5.91 Å². The van der Waals surface area contributed by atoms with Gasteiger partial charge in [-0.1, -0.05) is 37.6 Å². The van der Waals surface area contributed by atoms with Crippen molar-refractivity contribution in [1.82, 2.24) is 4.90 Å². The second-order valence-corrected chi connectivity index (χ2v) is 8.75. The summed E-state index contributed by atoms with van der Waals surface area (Å²) in [5.74, 6) is -0.934. The van der Waals surface area contributed by atoms with Gasteiger partial charge in [-0.3, -0.25) is 9.59 Å². The predicted octanol–water partition coefficient (Wildman–Crippen LogP) is 1.85. The highest BCUT2D eigenvalue weighted by molar-refractivity contribution is 5.90. The summed E-state index contributed by atoms with van der Waals surface area (Å²) in [6, 6.07) is 0. The maximum Gasteiger partial charge on any atom is 0.310 e. The van der Waals surface area contributed by atoms with Crippen molar-refractivity contribution < 1.29 is 19.4 Å². The summed E-state index contributed by atoms with van der Waals surface area (Å²) >= 11 is 0. The van der Waals surface area contributed by atoms with Crippen LogP contribution >= 0.6 is 0 Å². The van der Waals surface area contributed by atoms with E-state index >= 15 is 0 Å². The van der Waals surface area contributed by atoms with E-state index in [0.717, 1.165) is 12.3 Å². The van der Waals surface area contributed by atoms with Crippen molar-refractivity contribution in [3.63, 3.8) is 0 Å². The summed E-state index contributed by atoms with van der Waals surface area (Å²) in [6.45, 7) is 5.77. The minimum atomic E-state index is -0.925. The predicted molar refractivity (Wildman–Crippen MR) is 86.0 cm³/mol. The van der Waals surface area contributed by atoms with Crippen LogP contribution in [0.5, 0.6) is 0 Å². The molecule has 0 radical (unpaired) electrons. The molecule has 128 valence electrons. The molecule has 1 amide bonds.